The number of pyridine rings is 1. The number of amides is 1. The summed E-state index contributed by atoms with van der Waals surface area (Å²) in [7, 11) is 1.90. The number of halogens is 3. The third-order valence-electron chi connectivity index (χ3n) is 8.17. The molecular weight excluding hydrogens is 497 g/mol. The Morgan fingerprint density at radius 2 is 1.97 bits per heavy atom. The number of rotatable bonds is 8. The van der Waals surface area contributed by atoms with Crippen molar-refractivity contribution in [3.05, 3.63) is 64.2 Å². The number of aliphatic hydroxyl groups excluding tert-OH is 1. The number of carbonyl (C=O) groups excluding carboxylic acids is 1. The Bertz CT molecular complexity index is 1390. The van der Waals surface area contributed by atoms with Gasteiger partial charge in [0, 0.05) is 31.0 Å². The van der Waals surface area contributed by atoms with Crippen LogP contribution in [0.5, 0.6) is 0 Å². The second kappa shape index (κ2) is 9.07. The third kappa shape index (κ3) is 4.42. The Hall–Kier alpha value is -3.47. The van der Waals surface area contributed by atoms with Gasteiger partial charge >= 0.3 is 6.18 Å². The van der Waals surface area contributed by atoms with Gasteiger partial charge in [-0.2, -0.15) is 13.2 Å². The van der Waals surface area contributed by atoms with E-state index in [1.165, 1.54) is 11.0 Å². The number of carbonyl (C=O) groups is 1. The summed E-state index contributed by atoms with van der Waals surface area (Å²) in [5, 5.41) is 21.2. The zero-order valence-electron chi connectivity index (χ0n) is 21.1. The lowest BCUT2D eigenvalue weighted by atomic mass is 9.62. The van der Waals surface area contributed by atoms with E-state index >= 15 is 0 Å². The monoisotopic (exact) mass is 526 g/mol. The van der Waals surface area contributed by atoms with Crippen LogP contribution in [-0.4, -0.2) is 37.3 Å². The first-order valence-corrected chi connectivity index (χ1v) is 12.9. The van der Waals surface area contributed by atoms with Crippen LogP contribution >= 0.6 is 0 Å². The molecule has 1 aliphatic heterocycles. The van der Waals surface area contributed by atoms with E-state index in [2.05, 4.69) is 15.5 Å². The second-order valence-corrected chi connectivity index (χ2v) is 10.8. The molecule has 2 saturated carbocycles. The number of hydrogen-bond acceptors (Lipinski definition) is 6. The Morgan fingerprint density at radius 1 is 1.18 bits per heavy atom. The fraction of sp³-hybridized carbons (Fsp3) is 0.481. The van der Waals surface area contributed by atoms with Gasteiger partial charge in [0.2, 0.25) is 0 Å². The van der Waals surface area contributed by atoms with Crippen molar-refractivity contribution in [3.8, 4) is 0 Å². The van der Waals surface area contributed by atoms with Gasteiger partial charge in [0.05, 0.1) is 18.7 Å². The Balaban J connectivity index is 1.40. The van der Waals surface area contributed by atoms with Crippen molar-refractivity contribution in [1.29, 1.82) is 0 Å². The average Bonchev–Trinajstić information content (AvgIpc) is 3.52. The van der Waals surface area contributed by atoms with Gasteiger partial charge in [0.15, 0.2) is 0 Å². The van der Waals surface area contributed by atoms with Gasteiger partial charge in [-0.1, -0.05) is 6.42 Å². The summed E-state index contributed by atoms with van der Waals surface area (Å²) in [6, 6.07) is 6.14. The van der Waals surface area contributed by atoms with Gasteiger partial charge in [0.1, 0.15) is 23.8 Å². The van der Waals surface area contributed by atoms with Crippen molar-refractivity contribution in [2.75, 3.05) is 16.8 Å². The van der Waals surface area contributed by atoms with Crippen LogP contribution in [0.25, 0.3) is 0 Å². The zero-order valence-corrected chi connectivity index (χ0v) is 21.1. The summed E-state index contributed by atoms with van der Waals surface area (Å²) in [6.07, 6.45) is 2.90. The normalized spacial score (nSPS) is 18.4. The minimum atomic E-state index is -4.65. The first-order chi connectivity index (χ1) is 18.2. The molecule has 0 radical (unpaired) electrons. The Kier molecular flexibility index (Phi) is 5.93. The van der Waals surface area contributed by atoms with E-state index < -0.39 is 24.3 Å². The van der Waals surface area contributed by atoms with Crippen molar-refractivity contribution >= 4 is 17.5 Å². The summed E-state index contributed by atoms with van der Waals surface area (Å²) in [5.41, 5.74) is -0.192. The van der Waals surface area contributed by atoms with Gasteiger partial charge in [-0.3, -0.25) is 9.69 Å². The molecule has 0 atom stereocenters. The molecule has 1 amide bonds. The van der Waals surface area contributed by atoms with Gasteiger partial charge in [-0.25, -0.2) is 4.98 Å². The van der Waals surface area contributed by atoms with Crippen LogP contribution in [0.15, 0.2) is 30.6 Å². The lowest BCUT2D eigenvalue weighted by Gasteiger charge is -2.42. The maximum absolute atomic E-state index is 13.9. The number of anilines is 2. The van der Waals surface area contributed by atoms with Crippen LogP contribution in [0.2, 0.25) is 0 Å². The maximum Gasteiger partial charge on any atom is 0.416 e. The number of nitrogens with one attached hydrogen (secondary N) is 1. The number of aliphatic hydroxyl groups is 1. The second-order valence-electron chi connectivity index (χ2n) is 10.8. The van der Waals surface area contributed by atoms with E-state index in [4.69, 9.17) is 4.98 Å². The number of alkyl halides is 3. The third-order valence-corrected chi connectivity index (χ3v) is 8.17. The molecule has 3 heterocycles. The van der Waals surface area contributed by atoms with E-state index in [0.717, 1.165) is 56.1 Å². The number of aromatic nitrogens is 4. The molecule has 3 aliphatic rings. The van der Waals surface area contributed by atoms with E-state index in [9.17, 15) is 23.1 Å². The lowest BCUT2D eigenvalue weighted by molar-refractivity contribution is -0.138. The fourth-order valence-electron chi connectivity index (χ4n) is 5.56. The molecule has 200 valence electrons. The first-order valence-electron chi connectivity index (χ1n) is 12.9. The fourth-order valence-corrected chi connectivity index (χ4v) is 5.56. The van der Waals surface area contributed by atoms with Crippen LogP contribution in [0.3, 0.4) is 0 Å². The molecular formula is C27H29F3N6O2. The standard InChI is InChI=1S/C27H29F3N6O2/c1-35-15-32-34-24(35)11-26(5-2-6-26)18-9-22(31-12-16-3-4-16)33-23(10-18)36-13-20-19(25(36)38)7-17(14-37)8-21(20)27(28,29)30/h7-10,15-16,37H,2-6,11-14H2,1H3,(H,31,33). The van der Waals surface area contributed by atoms with Gasteiger partial charge < -0.3 is 15.0 Å². The summed E-state index contributed by atoms with van der Waals surface area (Å²) in [5.74, 6) is 1.83. The Morgan fingerprint density at radius 3 is 2.58 bits per heavy atom. The first kappa shape index (κ1) is 24.8. The SMILES string of the molecule is Cn1cnnc1CC1(c2cc(NCC3CC3)nc(N3Cc4c(cc(CO)cc4C(F)(F)F)C3=O)c2)CCC1. The summed E-state index contributed by atoms with van der Waals surface area (Å²) in [4.78, 5) is 19.5. The van der Waals surface area contributed by atoms with E-state index in [1.807, 2.05) is 23.7 Å². The average molecular weight is 527 g/mol. The van der Waals surface area contributed by atoms with Crippen LogP contribution in [-0.2, 0) is 38.2 Å². The van der Waals surface area contributed by atoms with E-state index in [-0.39, 0.29) is 28.7 Å². The van der Waals surface area contributed by atoms with Crippen LogP contribution < -0.4 is 10.2 Å². The van der Waals surface area contributed by atoms with Gasteiger partial charge in [0.25, 0.3) is 5.91 Å². The predicted molar refractivity (Wildman–Crippen MR) is 134 cm³/mol. The molecule has 3 aromatic rings. The van der Waals surface area contributed by atoms with Crippen molar-refractivity contribution < 1.29 is 23.1 Å². The van der Waals surface area contributed by atoms with Crippen LogP contribution in [0.1, 0.15) is 70.5 Å². The number of fused-ring (bicyclic) bond motifs is 1. The highest BCUT2D eigenvalue weighted by atomic mass is 19.4. The molecule has 0 spiro atoms. The van der Waals surface area contributed by atoms with Crippen LogP contribution in [0.4, 0.5) is 24.8 Å². The van der Waals surface area contributed by atoms with Crippen molar-refractivity contribution in [2.24, 2.45) is 13.0 Å². The minimum absolute atomic E-state index is 0.0407. The summed E-state index contributed by atoms with van der Waals surface area (Å²) >= 11 is 0. The van der Waals surface area contributed by atoms with Gasteiger partial charge in [-0.15, -0.1) is 10.2 Å². The molecule has 2 aliphatic carbocycles. The maximum atomic E-state index is 13.9. The largest absolute Gasteiger partial charge is 0.416 e. The van der Waals surface area contributed by atoms with Crippen molar-refractivity contribution in [1.82, 2.24) is 19.7 Å². The predicted octanol–water partition coefficient (Wildman–Crippen LogP) is 4.37. The molecule has 11 heteroatoms. The molecule has 2 aromatic heterocycles. The van der Waals surface area contributed by atoms with Crippen molar-refractivity contribution in [2.45, 2.75) is 63.3 Å². The van der Waals surface area contributed by atoms with E-state index in [1.54, 1.807) is 6.33 Å². The van der Waals surface area contributed by atoms with Gasteiger partial charge in [-0.05, 0) is 72.6 Å². The Labute approximate surface area is 217 Å². The molecule has 6 rings (SSSR count). The molecule has 0 unspecified atom stereocenters. The molecule has 0 saturated heterocycles. The van der Waals surface area contributed by atoms with Crippen LogP contribution in [0, 0.1) is 5.92 Å². The highest BCUT2D eigenvalue weighted by Crippen LogP contribution is 2.48. The summed E-state index contributed by atoms with van der Waals surface area (Å²) < 4.78 is 43.6. The highest BCUT2D eigenvalue weighted by Gasteiger charge is 2.43. The molecule has 1 aromatic carbocycles. The molecule has 8 nitrogen and oxygen atoms in total. The highest BCUT2D eigenvalue weighted by molar-refractivity contribution is 6.10. The smallest absolute Gasteiger partial charge is 0.392 e. The van der Waals surface area contributed by atoms with Crippen molar-refractivity contribution in [3.63, 3.8) is 0 Å². The number of hydrogen-bond donors (Lipinski definition) is 2. The quantitative estimate of drug-likeness (QED) is 0.453. The number of benzene rings is 1. The minimum Gasteiger partial charge on any atom is -0.392 e. The molecule has 38 heavy (non-hydrogen) atoms. The molecule has 2 fully saturated rings. The van der Waals surface area contributed by atoms with E-state index in [0.29, 0.717) is 24.0 Å². The lowest BCUT2D eigenvalue weighted by Crippen LogP contribution is -2.38. The molecule has 2 N–H and O–H groups in total. The number of nitrogens with zero attached hydrogens (tertiary/aromatic N) is 5. The zero-order chi connectivity index (χ0) is 26.7. The summed E-state index contributed by atoms with van der Waals surface area (Å²) in [6.45, 7) is -0.0564. The number of aryl methyl sites for hydroxylation is 1. The molecule has 0 bridgehead atoms. The topological polar surface area (TPSA) is 96.2 Å².